The fourth-order valence-corrected chi connectivity index (χ4v) is 2.62. The Bertz CT molecular complexity index is 1080. The third kappa shape index (κ3) is 7.55. The van der Waals surface area contributed by atoms with Crippen molar-refractivity contribution in [2.24, 2.45) is 0 Å². The van der Waals surface area contributed by atoms with Gasteiger partial charge in [-0.05, 0) is 0 Å². The molecule has 0 aliphatic rings. The van der Waals surface area contributed by atoms with E-state index in [-0.39, 0.29) is 43.6 Å². The minimum atomic E-state index is -0.807. The number of ether oxygens (including phenoxy) is 5. The van der Waals surface area contributed by atoms with Crippen molar-refractivity contribution in [3.63, 3.8) is 0 Å². The highest BCUT2D eigenvalue weighted by Gasteiger charge is 2.19. The first-order valence-electron chi connectivity index (χ1n) is 9.99. The van der Waals surface area contributed by atoms with Gasteiger partial charge in [-0.25, -0.2) is 19.2 Å². The molecule has 0 fully saturated rings. The Morgan fingerprint density at radius 2 is 1.35 bits per heavy atom. The van der Waals surface area contributed by atoms with Crippen LogP contribution in [0.3, 0.4) is 0 Å². The van der Waals surface area contributed by atoms with Gasteiger partial charge in [0.2, 0.25) is 0 Å². The standard InChI is InChI=1S/C23H24N2O9/c1-4-19(26)31-12-10-24-22(28)33-17-14-18(30-3)21(16-9-7-6-8-15(16)17)34-23(29)25-11-13-32-20(27)5-2/h4-9,14H,1-2,10-13H2,3H3,(H,24,28)(H,25,29). The second-order valence-corrected chi connectivity index (χ2v) is 6.33. The van der Waals surface area contributed by atoms with E-state index in [0.717, 1.165) is 12.2 Å². The van der Waals surface area contributed by atoms with Crippen LogP contribution in [0.1, 0.15) is 0 Å². The molecule has 180 valence electrons. The summed E-state index contributed by atoms with van der Waals surface area (Å²) in [5, 5.41) is 5.81. The van der Waals surface area contributed by atoms with Crippen LogP contribution in [-0.4, -0.2) is 57.5 Å². The minimum Gasteiger partial charge on any atom is -0.493 e. The number of hydrogen-bond donors (Lipinski definition) is 2. The molecule has 2 aromatic carbocycles. The summed E-state index contributed by atoms with van der Waals surface area (Å²) in [6.45, 7) is 6.47. The predicted molar refractivity (Wildman–Crippen MR) is 121 cm³/mol. The molecular weight excluding hydrogens is 448 g/mol. The molecule has 0 radical (unpaired) electrons. The Morgan fingerprint density at radius 3 is 1.88 bits per heavy atom. The minimum absolute atomic E-state index is 0.0160. The molecule has 2 rings (SSSR count). The van der Waals surface area contributed by atoms with E-state index in [1.54, 1.807) is 24.3 Å². The molecule has 0 bridgehead atoms. The van der Waals surface area contributed by atoms with E-state index in [1.165, 1.54) is 13.2 Å². The third-order valence-electron chi connectivity index (χ3n) is 4.11. The Labute approximate surface area is 195 Å². The lowest BCUT2D eigenvalue weighted by Crippen LogP contribution is -2.31. The fraction of sp³-hybridized carbons (Fsp3) is 0.217. The molecular formula is C23H24N2O9. The largest absolute Gasteiger partial charge is 0.493 e. The van der Waals surface area contributed by atoms with Gasteiger partial charge >= 0.3 is 24.1 Å². The van der Waals surface area contributed by atoms with Gasteiger partial charge < -0.3 is 34.3 Å². The van der Waals surface area contributed by atoms with Crippen molar-refractivity contribution in [2.75, 3.05) is 33.4 Å². The van der Waals surface area contributed by atoms with Crippen molar-refractivity contribution < 1.29 is 42.9 Å². The van der Waals surface area contributed by atoms with E-state index in [2.05, 4.69) is 23.8 Å². The summed E-state index contributed by atoms with van der Waals surface area (Å²) in [6, 6.07) is 8.15. The molecule has 0 spiro atoms. The summed E-state index contributed by atoms with van der Waals surface area (Å²) in [7, 11) is 1.36. The zero-order valence-corrected chi connectivity index (χ0v) is 18.5. The number of benzene rings is 2. The summed E-state index contributed by atoms with van der Waals surface area (Å²) in [6.07, 6.45) is 0.427. The van der Waals surface area contributed by atoms with Gasteiger partial charge in [-0.3, -0.25) is 0 Å². The van der Waals surface area contributed by atoms with Gasteiger partial charge in [0.25, 0.3) is 0 Å². The molecule has 2 aromatic rings. The number of esters is 2. The number of carbonyl (C=O) groups excluding carboxylic acids is 4. The molecule has 0 aliphatic carbocycles. The van der Waals surface area contributed by atoms with Crippen LogP contribution in [0.15, 0.2) is 55.6 Å². The number of rotatable bonds is 11. The normalized spacial score (nSPS) is 9.91. The van der Waals surface area contributed by atoms with Gasteiger partial charge in [-0.2, -0.15) is 0 Å². The van der Waals surface area contributed by atoms with E-state index in [4.69, 9.17) is 23.7 Å². The highest BCUT2D eigenvalue weighted by Crippen LogP contribution is 2.41. The van der Waals surface area contributed by atoms with Gasteiger partial charge in [0.05, 0.1) is 20.2 Å². The number of hydrogen-bond acceptors (Lipinski definition) is 9. The van der Waals surface area contributed by atoms with Crippen LogP contribution in [0.4, 0.5) is 9.59 Å². The van der Waals surface area contributed by atoms with Crippen LogP contribution in [0, 0.1) is 0 Å². The molecule has 0 unspecified atom stereocenters. The van der Waals surface area contributed by atoms with Gasteiger partial charge in [-0.15, -0.1) is 0 Å². The molecule has 0 atom stereocenters. The van der Waals surface area contributed by atoms with Crippen LogP contribution >= 0.6 is 0 Å². The first-order valence-corrected chi connectivity index (χ1v) is 9.99. The molecule has 0 aliphatic heterocycles. The number of carbonyl (C=O) groups is 4. The molecule has 2 N–H and O–H groups in total. The molecule has 0 aromatic heterocycles. The molecule has 2 amide bonds. The fourth-order valence-electron chi connectivity index (χ4n) is 2.62. The summed E-state index contributed by atoms with van der Waals surface area (Å²) < 4.78 is 25.7. The van der Waals surface area contributed by atoms with Gasteiger partial charge in [0.1, 0.15) is 19.0 Å². The summed E-state index contributed by atoms with van der Waals surface area (Å²) >= 11 is 0. The third-order valence-corrected chi connectivity index (χ3v) is 4.11. The van der Waals surface area contributed by atoms with Crippen molar-refractivity contribution in [1.29, 1.82) is 0 Å². The van der Waals surface area contributed by atoms with Crippen LogP contribution in [0.25, 0.3) is 10.8 Å². The molecule has 11 heteroatoms. The summed E-state index contributed by atoms with van der Waals surface area (Å²) in [4.78, 5) is 46.5. The SMILES string of the molecule is C=CC(=O)OCCNC(=O)Oc1cc(OC)c(OC(=O)NCCOC(=O)C=C)c2ccccc12. The Balaban J connectivity index is 2.11. The Kier molecular flexibility index (Phi) is 9.92. The maximum atomic E-state index is 12.2. The molecule has 11 nitrogen and oxygen atoms in total. The first kappa shape index (κ1) is 25.7. The van der Waals surface area contributed by atoms with Crippen molar-refractivity contribution in [3.05, 3.63) is 55.6 Å². The van der Waals surface area contributed by atoms with Crippen LogP contribution in [0.2, 0.25) is 0 Å². The lowest BCUT2D eigenvalue weighted by atomic mass is 10.1. The predicted octanol–water partition coefficient (Wildman–Crippen LogP) is 2.48. The van der Waals surface area contributed by atoms with E-state index >= 15 is 0 Å². The van der Waals surface area contributed by atoms with Gasteiger partial charge in [0, 0.05) is 29.0 Å². The van der Waals surface area contributed by atoms with Crippen molar-refractivity contribution in [3.8, 4) is 17.2 Å². The number of nitrogens with one attached hydrogen (secondary N) is 2. The lowest BCUT2D eigenvalue weighted by Gasteiger charge is -2.16. The molecule has 0 saturated carbocycles. The topological polar surface area (TPSA) is 138 Å². The van der Waals surface area contributed by atoms with Crippen molar-refractivity contribution in [1.82, 2.24) is 10.6 Å². The van der Waals surface area contributed by atoms with E-state index in [9.17, 15) is 19.2 Å². The van der Waals surface area contributed by atoms with E-state index in [0.29, 0.717) is 10.8 Å². The lowest BCUT2D eigenvalue weighted by molar-refractivity contribution is -0.138. The number of methoxy groups -OCH3 is 1. The summed E-state index contributed by atoms with van der Waals surface area (Å²) in [5.74, 6) is -0.835. The maximum Gasteiger partial charge on any atom is 0.412 e. The van der Waals surface area contributed by atoms with Crippen molar-refractivity contribution >= 4 is 34.9 Å². The van der Waals surface area contributed by atoms with Gasteiger partial charge in [0.15, 0.2) is 11.5 Å². The van der Waals surface area contributed by atoms with E-state index in [1.807, 2.05) is 0 Å². The highest BCUT2D eigenvalue weighted by molar-refractivity contribution is 5.98. The average Bonchev–Trinajstić information content (AvgIpc) is 2.85. The zero-order valence-electron chi connectivity index (χ0n) is 18.5. The summed E-state index contributed by atoms with van der Waals surface area (Å²) in [5.41, 5.74) is 0. The van der Waals surface area contributed by atoms with Gasteiger partial charge in [-0.1, -0.05) is 37.4 Å². The molecule has 34 heavy (non-hydrogen) atoms. The zero-order chi connectivity index (χ0) is 24.9. The van der Waals surface area contributed by atoms with E-state index < -0.39 is 24.1 Å². The molecule has 0 saturated heterocycles. The second kappa shape index (κ2) is 13.1. The number of amides is 2. The number of fused-ring (bicyclic) bond motifs is 1. The quantitative estimate of drug-likeness (QED) is 0.287. The van der Waals surface area contributed by atoms with Crippen molar-refractivity contribution in [2.45, 2.75) is 0 Å². The second-order valence-electron chi connectivity index (χ2n) is 6.33. The average molecular weight is 472 g/mol. The smallest absolute Gasteiger partial charge is 0.412 e. The Morgan fingerprint density at radius 1 is 0.824 bits per heavy atom. The maximum absolute atomic E-state index is 12.2. The highest BCUT2D eigenvalue weighted by atomic mass is 16.6. The Hall–Kier alpha value is -4.54. The first-order chi connectivity index (χ1) is 16.4. The monoisotopic (exact) mass is 472 g/mol. The van der Waals surface area contributed by atoms with Crippen LogP contribution in [-0.2, 0) is 19.1 Å². The molecule has 0 heterocycles. The van der Waals surface area contributed by atoms with Crippen LogP contribution in [0.5, 0.6) is 17.2 Å². The van der Waals surface area contributed by atoms with Crippen LogP contribution < -0.4 is 24.8 Å².